The van der Waals surface area contributed by atoms with E-state index >= 15 is 0 Å². The van der Waals surface area contributed by atoms with Crippen LogP contribution in [0, 0.1) is 6.92 Å². The second kappa shape index (κ2) is 5.88. The minimum atomic E-state index is -0.473. The number of amides is 1. The van der Waals surface area contributed by atoms with Gasteiger partial charge in [0.2, 0.25) is 5.91 Å². The molecule has 1 aliphatic rings. The maximum Gasteiger partial charge on any atom is 0.248 e. The molecule has 1 aromatic carbocycles. The van der Waals surface area contributed by atoms with Crippen LogP contribution in [0.3, 0.4) is 0 Å². The molecule has 1 unspecified atom stereocenters. The van der Waals surface area contributed by atoms with E-state index in [1.165, 1.54) is 0 Å². The highest BCUT2D eigenvalue weighted by molar-refractivity contribution is 6.31. The molecule has 0 aliphatic carbocycles. The smallest absolute Gasteiger partial charge is 0.248 e. The van der Waals surface area contributed by atoms with Crippen molar-refractivity contribution in [2.24, 2.45) is 0 Å². The number of aromatic nitrogens is 2. The zero-order valence-electron chi connectivity index (χ0n) is 12.3. The minimum absolute atomic E-state index is 0.184. The lowest BCUT2D eigenvalue weighted by molar-refractivity contribution is -0.119. The second-order valence-electron chi connectivity index (χ2n) is 5.07. The Bertz CT molecular complexity index is 695. The molecule has 1 N–H and O–H groups in total. The van der Waals surface area contributed by atoms with Crippen molar-refractivity contribution in [3.63, 3.8) is 0 Å². The first kappa shape index (κ1) is 14.7. The number of carbonyl (C=O) groups is 1. The molecule has 1 atom stereocenters. The fourth-order valence-corrected chi connectivity index (χ4v) is 2.28. The summed E-state index contributed by atoms with van der Waals surface area (Å²) in [5.41, 5.74) is 1.34. The summed E-state index contributed by atoms with van der Waals surface area (Å²) in [6.45, 7) is 4.60. The van der Waals surface area contributed by atoms with Crippen LogP contribution in [0.25, 0.3) is 0 Å². The Balaban J connectivity index is 1.73. The monoisotopic (exact) mass is 321 g/mol. The summed E-state index contributed by atoms with van der Waals surface area (Å²) in [4.78, 5) is 12.3. The number of nitrogens with one attached hydrogen (secondary N) is 1. The van der Waals surface area contributed by atoms with Crippen LogP contribution in [0.2, 0.25) is 5.02 Å². The molecule has 0 saturated carbocycles. The lowest BCUT2D eigenvalue weighted by Gasteiger charge is -2.19. The van der Waals surface area contributed by atoms with Gasteiger partial charge in [0.05, 0.1) is 10.7 Å². The van der Waals surface area contributed by atoms with Crippen molar-refractivity contribution in [3.8, 4) is 11.5 Å². The second-order valence-corrected chi connectivity index (χ2v) is 5.47. The Morgan fingerprint density at radius 3 is 2.77 bits per heavy atom. The number of anilines is 1. The number of rotatable bonds is 3. The number of benzene rings is 1. The maximum absolute atomic E-state index is 12.3. The Labute approximate surface area is 133 Å². The zero-order valence-corrected chi connectivity index (χ0v) is 13.1. The van der Waals surface area contributed by atoms with Crippen LogP contribution in [-0.4, -0.2) is 28.9 Å². The number of fused-ring (bicyclic) bond motifs is 1. The predicted molar refractivity (Wildman–Crippen MR) is 82.7 cm³/mol. The van der Waals surface area contributed by atoms with Crippen LogP contribution in [0.15, 0.2) is 24.4 Å². The summed E-state index contributed by atoms with van der Waals surface area (Å²) >= 11 is 5.97. The largest absolute Gasteiger partial charge is 0.486 e. The third-order valence-corrected chi connectivity index (χ3v) is 3.81. The molecule has 2 heterocycles. The van der Waals surface area contributed by atoms with Crippen molar-refractivity contribution in [1.29, 1.82) is 0 Å². The van der Waals surface area contributed by atoms with E-state index in [1.54, 1.807) is 42.9 Å². The number of hydrogen-bond donors (Lipinski definition) is 1. The molecule has 7 heteroatoms. The number of ether oxygens (including phenoxy) is 2. The van der Waals surface area contributed by atoms with E-state index in [9.17, 15) is 4.79 Å². The van der Waals surface area contributed by atoms with Crippen LogP contribution in [-0.2, 0) is 4.79 Å². The van der Waals surface area contributed by atoms with Crippen molar-refractivity contribution >= 4 is 23.2 Å². The highest BCUT2D eigenvalue weighted by Crippen LogP contribution is 2.32. The summed E-state index contributed by atoms with van der Waals surface area (Å²) in [6, 6.07) is 4.84. The molecular formula is C15H16ClN3O3. The molecule has 22 heavy (non-hydrogen) atoms. The summed E-state index contributed by atoms with van der Waals surface area (Å²) in [6.07, 6.45) is 1.64. The molecule has 0 fully saturated rings. The number of nitrogens with zero attached hydrogens (tertiary/aromatic N) is 2. The van der Waals surface area contributed by atoms with E-state index in [1.807, 2.05) is 0 Å². The van der Waals surface area contributed by atoms with Gasteiger partial charge in [0.1, 0.15) is 19.3 Å². The molecule has 1 aliphatic heterocycles. The van der Waals surface area contributed by atoms with Crippen molar-refractivity contribution in [2.75, 3.05) is 18.5 Å². The number of aryl methyl sites for hydroxylation is 1. The lowest BCUT2D eigenvalue weighted by Crippen LogP contribution is -2.24. The van der Waals surface area contributed by atoms with Crippen molar-refractivity contribution < 1.29 is 14.3 Å². The van der Waals surface area contributed by atoms with Crippen LogP contribution >= 0.6 is 11.6 Å². The van der Waals surface area contributed by atoms with Gasteiger partial charge in [0, 0.05) is 18.0 Å². The SMILES string of the molecule is Cc1nn(C(C)C(=O)Nc2ccc3c(c2)OCCO3)cc1Cl. The number of hydrogen-bond acceptors (Lipinski definition) is 4. The highest BCUT2D eigenvalue weighted by Gasteiger charge is 2.18. The Hall–Kier alpha value is -2.21. The van der Waals surface area contributed by atoms with Gasteiger partial charge in [-0.1, -0.05) is 11.6 Å². The average molecular weight is 322 g/mol. The third kappa shape index (κ3) is 2.87. The van der Waals surface area contributed by atoms with Crippen molar-refractivity contribution in [3.05, 3.63) is 35.1 Å². The first-order valence-corrected chi connectivity index (χ1v) is 7.34. The van der Waals surface area contributed by atoms with Crippen LogP contribution < -0.4 is 14.8 Å². The topological polar surface area (TPSA) is 65.4 Å². The molecule has 116 valence electrons. The number of carbonyl (C=O) groups excluding carboxylic acids is 1. The molecule has 0 spiro atoms. The first-order valence-electron chi connectivity index (χ1n) is 6.96. The summed E-state index contributed by atoms with van der Waals surface area (Å²) in [5, 5.41) is 7.60. The highest BCUT2D eigenvalue weighted by atomic mass is 35.5. The fourth-order valence-electron chi connectivity index (χ4n) is 2.15. The molecule has 0 saturated heterocycles. The maximum atomic E-state index is 12.3. The van der Waals surface area contributed by atoms with Gasteiger partial charge in [0.25, 0.3) is 0 Å². The fraction of sp³-hybridized carbons (Fsp3) is 0.333. The van der Waals surface area contributed by atoms with Crippen LogP contribution in [0.1, 0.15) is 18.7 Å². The van der Waals surface area contributed by atoms with Gasteiger partial charge in [-0.2, -0.15) is 5.10 Å². The Morgan fingerprint density at radius 1 is 1.36 bits per heavy atom. The first-order chi connectivity index (χ1) is 10.5. The summed E-state index contributed by atoms with van der Waals surface area (Å²) < 4.78 is 12.5. The van der Waals surface area contributed by atoms with E-state index in [0.29, 0.717) is 41.1 Å². The third-order valence-electron chi connectivity index (χ3n) is 3.44. The van der Waals surface area contributed by atoms with Gasteiger partial charge in [-0.25, -0.2) is 0 Å². The van der Waals surface area contributed by atoms with Crippen molar-refractivity contribution in [1.82, 2.24) is 9.78 Å². The van der Waals surface area contributed by atoms with Gasteiger partial charge in [0.15, 0.2) is 11.5 Å². The molecular weight excluding hydrogens is 306 g/mol. The van der Waals surface area contributed by atoms with E-state index in [4.69, 9.17) is 21.1 Å². The normalized spacial score (nSPS) is 14.5. The van der Waals surface area contributed by atoms with E-state index in [-0.39, 0.29) is 5.91 Å². The van der Waals surface area contributed by atoms with Gasteiger partial charge in [-0.3, -0.25) is 9.48 Å². The van der Waals surface area contributed by atoms with Crippen LogP contribution in [0.5, 0.6) is 11.5 Å². The standard InChI is InChI=1S/C15H16ClN3O3/c1-9-12(16)8-19(18-9)10(2)15(20)17-11-3-4-13-14(7-11)22-6-5-21-13/h3-4,7-8,10H,5-6H2,1-2H3,(H,17,20). The molecule has 1 amide bonds. The molecule has 2 aromatic rings. The Kier molecular flexibility index (Phi) is 3.94. The number of halogens is 1. The summed E-state index contributed by atoms with van der Waals surface area (Å²) in [7, 11) is 0. The summed E-state index contributed by atoms with van der Waals surface area (Å²) in [5.74, 6) is 1.14. The molecule has 6 nitrogen and oxygen atoms in total. The zero-order chi connectivity index (χ0) is 15.7. The lowest BCUT2D eigenvalue weighted by atomic mass is 10.2. The molecule has 1 aromatic heterocycles. The van der Waals surface area contributed by atoms with Gasteiger partial charge in [-0.05, 0) is 26.0 Å². The quantitative estimate of drug-likeness (QED) is 0.944. The molecule has 3 rings (SSSR count). The van der Waals surface area contributed by atoms with Crippen LogP contribution in [0.4, 0.5) is 5.69 Å². The van der Waals surface area contributed by atoms with Gasteiger partial charge in [-0.15, -0.1) is 0 Å². The van der Waals surface area contributed by atoms with Gasteiger partial charge < -0.3 is 14.8 Å². The van der Waals surface area contributed by atoms with Crippen molar-refractivity contribution in [2.45, 2.75) is 19.9 Å². The van der Waals surface area contributed by atoms with E-state index < -0.39 is 6.04 Å². The predicted octanol–water partition coefficient (Wildman–Crippen LogP) is 2.82. The van der Waals surface area contributed by atoms with Gasteiger partial charge >= 0.3 is 0 Å². The minimum Gasteiger partial charge on any atom is -0.486 e. The van der Waals surface area contributed by atoms with E-state index in [2.05, 4.69) is 10.4 Å². The molecule has 0 bridgehead atoms. The molecule has 0 radical (unpaired) electrons. The van der Waals surface area contributed by atoms with E-state index in [0.717, 1.165) is 0 Å². The average Bonchev–Trinajstić information content (AvgIpc) is 2.85. The Morgan fingerprint density at radius 2 is 2.09 bits per heavy atom.